The van der Waals surface area contributed by atoms with E-state index in [1.165, 1.54) is 27.1 Å². The van der Waals surface area contributed by atoms with E-state index in [9.17, 15) is 19.2 Å². The number of amides is 1. The summed E-state index contributed by atoms with van der Waals surface area (Å²) in [4.78, 5) is 63.3. The zero-order valence-corrected chi connectivity index (χ0v) is 52.5. The highest BCUT2D eigenvalue weighted by Crippen LogP contribution is 2.63. The number of rotatable bonds is 20. The number of ether oxygens (including phenoxy) is 7. The summed E-state index contributed by atoms with van der Waals surface area (Å²) < 4.78 is 60.5. The minimum absolute atomic E-state index is 0.00108. The highest BCUT2D eigenvalue weighted by molar-refractivity contribution is 6.74. The molecule has 3 unspecified atom stereocenters. The molecule has 8 atom stereocenters. The molecule has 4 fully saturated rings. The molecule has 2 aromatic heterocycles. The van der Waals surface area contributed by atoms with E-state index in [0.717, 1.165) is 36.8 Å². The Morgan fingerprint density at radius 1 is 0.610 bits per heavy atom. The molecule has 3 aromatic carbocycles. The van der Waals surface area contributed by atoms with E-state index < -0.39 is 93.9 Å². The minimum atomic E-state index is -2.29. The molecule has 9 rings (SSSR count). The molecular formula is C62H85N5O13Si2. The van der Waals surface area contributed by atoms with Gasteiger partial charge in [-0.1, -0.05) is 134 Å². The summed E-state index contributed by atoms with van der Waals surface area (Å²) in [6.45, 7) is 31.0. The number of fused-ring (bicyclic) bond motifs is 1. The second-order valence-electron chi connectivity index (χ2n) is 25.3. The van der Waals surface area contributed by atoms with E-state index in [1.807, 2.05) is 73.7 Å². The highest BCUT2D eigenvalue weighted by Gasteiger charge is 2.75. The molecule has 5 aromatic rings. The van der Waals surface area contributed by atoms with E-state index in [1.54, 1.807) is 35.2 Å². The van der Waals surface area contributed by atoms with Gasteiger partial charge in [0.1, 0.15) is 29.7 Å². The van der Waals surface area contributed by atoms with Crippen molar-refractivity contribution >= 4 is 57.4 Å². The fourth-order valence-electron chi connectivity index (χ4n) is 11.2. The number of esters is 3. The Morgan fingerprint density at radius 3 is 1.49 bits per heavy atom. The second-order valence-corrected chi connectivity index (χ2v) is 34.7. The first-order valence-electron chi connectivity index (χ1n) is 28.7. The topological polar surface area (TPSA) is 207 Å². The predicted molar refractivity (Wildman–Crippen MR) is 314 cm³/mol. The van der Waals surface area contributed by atoms with Crippen LogP contribution in [0.4, 0.5) is 5.82 Å². The summed E-state index contributed by atoms with van der Waals surface area (Å²) in [5, 5.41) is 2.83. The zero-order chi connectivity index (χ0) is 59.7. The Bertz CT molecular complexity index is 3030. The maximum Gasteiger partial charge on any atom is 0.305 e. The lowest BCUT2D eigenvalue weighted by molar-refractivity contribution is -0.224. The van der Waals surface area contributed by atoms with Crippen LogP contribution in [0.15, 0.2) is 104 Å². The van der Waals surface area contributed by atoms with Gasteiger partial charge in [-0.3, -0.25) is 23.7 Å². The van der Waals surface area contributed by atoms with Crippen LogP contribution in [0, 0.1) is 0 Å². The lowest BCUT2D eigenvalue weighted by atomic mass is 9.84. The summed E-state index contributed by atoms with van der Waals surface area (Å²) in [7, 11) is -4.47. The van der Waals surface area contributed by atoms with Crippen molar-refractivity contribution in [3.05, 3.63) is 120 Å². The van der Waals surface area contributed by atoms with Gasteiger partial charge < -0.3 is 47.3 Å². The monoisotopic (exact) mass is 1160 g/mol. The number of benzene rings is 3. The molecule has 4 heterocycles. The van der Waals surface area contributed by atoms with Crippen molar-refractivity contribution in [3.8, 4) is 0 Å². The first-order chi connectivity index (χ1) is 38.6. The number of aromatic nitrogens is 4. The standard InChI is InChI=1S/C36H45N5O6Si.C26H40O7Si/c1-8-36(35(19-20-35)47-48(6,7)34(3,4)5)29(44-21-25-15-11-9-12-16-25)28(45-24(2)42)33(46-36)41-23-39-27-30(37-22-38-31(27)41)40-32(43)26-17-13-10-14-18-26;1-9-26(25(15-16-25)33-34(7,8)24(4,5)6)22(29-17-20-13-11-10-12-14-20)21(30-18(2)27)23(32-26)31-19(3)28/h9-18,22-23,28-29,33H,8,19-21H2,1-7H3,(H,37,38,40,43);10-14,21-23H,9,15-17H2,1-8H3/t28?,29-,33-,36-;21?,22-,23?,26-/m11/s1. The largest absolute Gasteiger partial charge is 0.455 e. The van der Waals surface area contributed by atoms with Crippen LogP contribution in [0.2, 0.25) is 36.3 Å². The molecule has 20 heteroatoms. The molecule has 82 heavy (non-hydrogen) atoms. The Labute approximate surface area is 485 Å². The number of hydrogen-bond acceptors (Lipinski definition) is 16. The molecule has 2 saturated heterocycles. The lowest BCUT2D eigenvalue weighted by Gasteiger charge is -2.47. The fourth-order valence-corrected chi connectivity index (χ4v) is 14.5. The summed E-state index contributed by atoms with van der Waals surface area (Å²) in [5.41, 5.74) is 0.121. The predicted octanol–water partition coefficient (Wildman–Crippen LogP) is 12.0. The van der Waals surface area contributed by atoms with Crippen LogP contribution in [-0.4, -0.2) is 113 Å². The molecule has 1 N–H and O–H groups in total. The van der Waals surface area contributed by atoms with Gasteiger partial charge >= 0.3 is 17.9 Å². The number of carbonyl (C=O) groups excluding carboxylic acids is 4. The third-order valence-corrected chi connectivity index (χ3v) is 26.6. The Kier molecular flexibility index (Phi) is 18.3. The molecule has 2 aliphatic carbocycles. The minimum Gasteiger partial charge on any atom is -0.455 e. The third kappa shape index (κ3) is 12.7. The van der Waals surface area contributed by atoms with E-state index >= 15 is 0 Å². The average molecular weight is 1160 g/mol. The summed E-state index contributed by atoms with van der Waals surface area (Å²) in [6.07, 6.45) is 2.23. The number of anilines is 1. The van der Waals surface area contributed by atoms with Crippen molar-refractivity contribution in [2.75, 3.05) is 5.32 Å². The molecule has 0 bridgehead atoms. The summed E-state index contributed by atoms with van der Waals surface area (Å²) in [6, 6.07) is 28.6. The smallest absolute Gasteiger partial charge is 0.305 e. The van der Waals surface area contributed by atoms with E-state index in [0.29, 0.717) is 42.8 Å². The number of hydrogen-bond donors (Lipinski definition) is 1. The summed E-state index contributed by atoms with van der Waals surface area (Å²) >= 11 is 0. The average Bonchev–Trinajstić information content (AvgIpc) is 3.80. The molecule has 4 aliphatic rings. The van der Waals surface area contributed by atoms with Gasteiger partial charge in [0.25, 0.3) is 5.91 Å². The van der Waals surface area contributed by atoms with Crippen LogP contribution in [-0.2, 0) is 69.6 Å². The van der Waals surface area contributed by atoms with Crippen LogP contribution in [0.1, 0.15) is 142 Å². The molecular weight excluding hydrogens is 1080 g/mol. The molecule has 444 valence electrons. The van der Waals surface area contributed by atoms with Gasteiger partial charge in [0.05, 0.1) is 30.7 Å². The van der Waals surface area contributed by atoms with Gasteiger partial charge in [0.2, 0.25) is 6.29 Å². The molecule has 2 aliphatic heterocycles. The van der Waals surface area contributed by atoms with Crippen molar-refractivity contribution in [1.82, 2.24) is 19.5 Å². The normalized spacial score (nSPS) is 25.6. The van der Waals surface area contributed by atoms with Crippen LogP contribution in [0.5, 0.6) is 0 Å². The molecule has 1 amide bonds. The Morgan fingerprint density at radius 2 is 1.05 bits per heavy atom. The Hall–Kier alpha value is -5.72. The van der Waals surface area contributed by atoms with Crippen LogP contribution >= 0.6 is 0 Å². The molecule has 2 saturated carbocycles. The van der Waals surface area contributed by atoms with Crippen molar-refractivity contribution < 1.29 is 61.2 Å². The molecule has 0 radical (unpaired) electrons. The van der Waals surface area contributed by atoms with Crippen molar-refractivity contribution in [2.24, 2.45) is 0 Å². The first kappa shape index (κ1) is 62.3. The number of imidazole rings is 1. The van der Waals surface area contributed by atoms with Crippen molar-refractivity contribution in [2.45, 2.75) is 224 Å². The lowest BCUT2D eigenvalue weighted by Crippen LogP contribution is -2.60. The maximum absolute atomic E-state index is 13.0. The molecule has 18 nitrogen and oxygen atoms in total. The number of carbonyl (C=O) groups is 4. The van der Waals surface area contributed by atoms with Crippen LogP contribution < -0.4 is 5.32 Å². The number of nitrogens with zero attached hydrogens (tertiary/aromatic N) is 4. The maximum atomic E-state index is 13.0. The fraction of sp³-hybridized carbons (Fsp3) is 0.565. The van der Waals surface area contributed by atoms with Gasteiger partial charge in [-0.05, 0) is 98.0 Å². The van der Waals surface area contributed by atoms with Gasteiger partial charge in [-0.25, -0.2) is 15.0 Å². The van der Waals surface area contributed by atoms with Crippen molar-refractivity contribution in [3.63, 3.8) is 0 Å². The van der Waals surface area contributed by atoms with Gasteiger partial charge in [0.15, 0.2) is 52.1 Å². The first-order valence-corrected chi connectivity index (χ1v) is 34.5. The molecule has 0 spiro atoms. The van der Waals surface area contributed by atoms with Gasteiger partial charge in [0, 0.05) is 26.3 Å². The van der Waals surface area contributed by atoms with Crippen LogP contribution in [0.3, 0.4) is 0 Å². The van der Waals surface area contributed by atoms with E-state index in [4.69, 9.17) is 42.0 Å². The van der Waals surface area contributed by atoms with E-state index in [2.05, 4.69) is 94.9 Å². The van der Waals surface area contributed by atoms with Gasteiger partial charge in [-0.15, -0.1) is 0 Å². The van der Waals surface area contributed by atoms with Gasteiger partial charge in [-0.2, -0.15) is 0 Å². The zero-order valence-electron chi connectivity index (χ0n) is 50.5. The number of nitrogens with one attached hydrogen (secondary N) is 1. The highest BCUT2D eigenvalue weighted by atomic mass is 28.4. The Balaban J connectivity index is 0.000000228. The van der Waals surface area contributed by atoms with Crippen LogP contribution in [0.25, 0.3) is 11.2 Å². The van der Waals surface area contributed by atoms with E-state index in [-0.39, 0.29) is 21.8 Å². The SMILES string of the molecule is CC[C@@]1(C2(O[Si](C)(C)C(C)(C)C)CC2)OC(OC(C)=O)C(OC(C)=O)[C@H]1OCc1ccccc1.CC[C@@]1(C2(O[Si](C)(C)C(C)(C)C)CC2)O[C@@H](n2cnc3c(NC(=O)c4ccccc4)ncnc32)C(OC(C)=O)[C@H]1OCc1ccccc1. The van der Waals surface area contributed by atoms with Crippen molar-refractivity contribution in [1.29, 1.82) is 0 Å². The second kappa shape index (κ2) is 24.1. The third-order valence-electron chi connectivity index (χ3n) is 17.6. The summed E-state index contributed by atoms with van der Waals surface area (Å²) in [5.74, 6) is -1.52. The quantitative estimate of drug-likeness (QED) is 0.0437.